The molecule has 0 aliphatic rings. The van der Waals surface area contributed by atoms with Gasteiger partial charge in [-0.25, -0.2) is 4.98 Å². The van der Waals surface area contributed by atoms with E-state index in [4.69, 9.17) is 10.7 Å². The van der Waals surface area contributed by atoms with Crippen molar-refractivity contribution in [2.75, 3.05) is 6.54 Å². The second-order valence-corrected chi connectivity index (χ2v) is 11.2. The largest absolute Gasteiger partial charge is 0.370 e. The molecule has 5 aromatic carbocycles. The third-order valence-electron chi connectivity index (χ3n) is 8.31. The third-order valence-corrected chi connectivity index (χ3v) is 8.31. The predicted molar refractivity (Wildman–Crippen MR) is 185 cm³/mol. The van der Waals surface area contributed by atoms with Gasteiger partial charge in [-0.15, -0.1) is 0 Å². The number of imidazole rings is 1. The van der Waals surface area contributed by atoms with E-state index in [0.717, 1.165) is 33.5 Å². The molecule has 6 rings (SSSR count). The van der Waals surface area contributed by atoms with Crippen LogP contribution in [0, 0.1) is 0 Å². The van der Waals surface area contributed by atoms with Crippen LogP contribution >= 0.6 is 0 Å². The molecule has 0 saturated carbocycles. The number of rotatable bonds is 11. The zero-order chi connectivity index (χ0) is 31.6. The first-order valence-electron chi connectivity index (χ1n) is 15.5. The van der Waals surface area contributed by atoms with E-state index in [0.29, 0.717) is 13.0 Å². The van der Waals surface area contributed by atoms with Gasteiger partial charge < -0.3 is 10.3 Å². The molecule has 6 aromatic rings. The summed E-state index contributed by atoms with van der Waals surface area (Å²) in [7, 11) is 0. The van der Waals surface area contributed by atoms with Gasteiger partial charge in [-0.3, -0.25) is 15.1 Å². The maximum atomic E-state index is 13.1. The lowest BCUT2D eigenvalue weighted by Gasteiger charge is -2.37. The molecule has 0 radical (unpaired) electrons. The summed E-state index contributed by atoms with van der Waals surface area (Å²) in [6.07, 6.45) is 4.80. The Morgan fingerprint density at radius 1 is 0.696 bits per heavy atom. The van der Waals surface area contributed by atoms with Crippen molar-refractivity contribution >= 4 is 11.9 Å². The number of nitrogens with one attached hydrogen (secondary N) is 1. The second-order valence-electron chi connectivity index (χ2n) is 11.2. The lowest BCUT2D eigenvalue weighted by Crippen LogP contribution is -2.37. The molecule has 228 valence electrons. The van der Waals surface area contributed by atoms with E-state index in [1.165, 1.54) is 0 Å². The van der Waals surface area contributed by atoms with Crippen molar-refractivity contribution in [3.63, 3.8) is 0 Å². The number of guanidine groups is 1. The van der Waals surface area contributed by atoms with E-state index in [9.17, 15) is 4.79 Å². The van der Waals surface area contributed by atoms with Gasteiger partial charge in [0.2, 0.25) is 5.91 Å². The van der Waals surface area contributed by atoms with Crippen LogP contribution in [0.15, 0.2) is 169 Å². The number of hydrogen-bond acceptors (Lipinski definition) is 3. The van der Waals surface area contributed by atoms with Crippen molar-refractivity contribution in [1.82, 2.24) is 14.9 Å². The first-order valence-corrected chi connectivity index (χ1v) is 15.5. The molecule has 0 saturated heterocycles. The van der Waals surface area contributed by atoms with E-state index < -0.39 is 5.54 Å². The van der Waals surface area contributed by atoms with Crippen molar-refractivity contribution in [1.29, 1.82) is 0 Å². The molecule has 46 heavy (non-hydrogen) atoms. The molecule has 6 nitrogen and oxygen atoms in total. The molecule has 3 N–H and O–H groups in total. The summed E-state index contributed by atoms with van der Waals surface area (Å²) in [6.45, 7) is 0.388. The first kappa shape index (κ1) is 30.3. The molecule has 0 spiro atoms. The fourth-order valence-corrected chi connectivity index (χ4v) is 6.17. The molecule has 1 aromatic heterocycles. The van der Waals surface area contributed by atoms with Crippen LogP contribution in [-0.4, -0.2) is 28.0 Å². The summed E-state index contributed by atoms with van der Waals surface area (Å²) in [6, 6.07) is 51.6. The SMILES string of the molecule is NC(=NCCc1cn(C(c2ccccc2)(c2ccccc2)c2ccccc2)cn1)NC(=O)CC(c1ccccc1)c1ccccc1. The van der Waals surface area contributed by atoms with Gasteiger partial charge >= 0.3 is 0 Å². The van der Waals surface area contributed by atoms with Gasteiger partial charge in [-0.05, 0) is 27.8 Å². The fraction of sp³-hybridized carbons (Fsp3) is 0.125. The number of carbonyl (C=O) groups is 1. The topological polar surface area (TPSA) is 85.3 Å². The van der Waals surface area contributed by atoms with Crippen LogP contribution in [0.3, 0.4) is 0 Å². The minimum Gasteiger partial charge on any atom is -0.370 e. The molecule has 0 bridgehead atoms. The number of hydrogen-bond donors (Lipinski definition) is 2. The smallest absolute Gasteiger partial charge is 0.227 e. The van der Waals surface area contributed by atoms with E-state index in [2.05, 4.69) is 93.9 Å². The number of benzene rings is 5. The zero-order valence-electron chi connectivity index (χ0n) is 25.6. The quantitative estimate of drug-likeness (QED) is 0.0958. The Balaban J connectivity index is 1.19. The van der Waals surface area contributed by atoms with Gasteiger partial charge in [-0.1, -0.05) is 152 Å². The zero-order valence-corrected chi connectivity index (χ0v) is 25.6. The van der Waals surface area contributed by atoms with E-state index in [1.807, 2.05) is 85.2 Å². The minimum atomic E-state index is -0.626. The maximum absolute atomic E-state index is 13.1. The maximum Gasteiger partial charge on any atom is 0.227 e. The molecular weight excluding hydrogens is 566 g/mol. The van der Waals surface area contributed by atoms with Crippen molar-refractivity contribution in [2.24, 2.45) is 10.7 Å². The summed E-state index contributed by atoms with van der Waals surface area (Å²) in [5.41, 5.74) is 12.0. The van der Waals surface area contributed by atoms with Gasteiger partial charge in [0.15, 0.2) is 5.96 Å². The average Bonchev–Trinajstić information content (AvgIpc) is 3.59. The lowest BCUT2D eigenvalue weighted by molar-refractivity contribution is -0.119. The van der Waals surface area contributed by atoms with Crippen LogP contribution in [0.1, 0.15) is 45.8 Å². The van der Waals surface area contributed by atoms with Gasteiger partial charge in [-0.2, -0.15) is 0 Å². The number of nitrogens with zero attached hydrogens (tertiary/aromatic N) is 3. The number of nitrogens with two attached hydrogens (primary N) is 1. The van der Waals surface area contributed by atoms with Crippen molar-refractivity contribution < 1.29 is 4.79 Å². The van der Waals surface area contributed by atoms with E-state index >= 15 is 0 Å². The van der Waals surface area contributed by atoms with Gasteiger partial charge in [0.05, 0.1) is 12.0 Å². The molecular formula is C40H37N5O. The monoisotopic (exact) mass is 603 g/mol. The Hall–Kier alpha value is -5.75. The highest BCUT2D eigenvalue weighted by atomic mass is 16.1. The van der Waals surface area contributed by atoms with Gasteiger partial charge in [0.1, 0.15) is 5.54 Å². The summed E-state index contributed by atoms with van der Waals surface area (Å²) in [4.78, 5) is 22.3. The molecule has 0 atom stereocenters. The second kappa shape index (κ2) is 14.4. The van der Waals surface area contributed by atoms with Crippen molar-refractivity contribution in [3.8, 4) is 0 Å². The Kier molecular flexibility index (Phi) is 9.45. The highest BCUT2D eigenvalue weighted by Gasteiger charge is 2.38. The van der Waals surface area contributed by atoms with Crippen molar-refractivity contribution in [2.45, 2.75) is 24.3 Å². The molecule has 1 amide bonds. The number of aliphatic imine (C=N–C) groups is 1. The van der Waals surface area contributed by atoms with Crippen molar-refractivity contribution in [3.05, 3.63) is 198 Å². The van der Waals surface area contributed by atoms with E-state index in [-0.39, 0.29) is 24.2 Å². The third kappa shape index (κ3) is 6.66. The average molecular weight is 604 g/mol. The normalized spacial score (nSPS) is 11.8. The van der Waals surface area contributed by atoms with E-state index in [1.54, 1.807) is 0 Å². The first-order chi connectivity index (χ1) is 22.6. The molecule has 0 fully saturated rings. The molecule has 1 heterocycles. The summed E-state index contributed by atoms with van der Waals surface area (Å²) in [5.74, 6) is -0.156. The molecule has 6 heteroatoms. The molecule has 0 unspecified atom stereocenters. The lowest BCUT2D eigenvalue weighted by atomic mass is 9.77. The fourth-order valence-electron chi connectivity index (χ4n) is 6.17. The Labute approximate surface area is 270 Å². The van der Waals surface area contributed by atoms with Crippen LogP contribution in [0.4, 0.5) is 0 Å². The van der Waals surface area contributed by atoms with Crippen LogP contribution in [0.25, 0.3) is 0 Å². The summed E-state index contributed by atoms with van der Waals surface area (Å²) in [5, 5.41) is 2.79. The number of aromatic nitrogens is 2. The summed E-state index contributed by atoms with van der Waals surface area (Å²) >= 11 is 0. The summed E-state index contributed by atoms with van der Waals surface area (Å²) < 4.78 is 2.19. The minimum absolute atomic E-state index is 0.0849. The van der Waals surface area contributed by atoms with Gasteiger partial charge in [0.25, 0.3) is 0 Å². The number of amides is 1. The molecule has 0 aliphatic heterocycles. The van der Waals surface area contributed by atoms with Crippen LogP contribution in [0.2, 0.25) is 0 Å². The van der Waals surface area contributed by atoms with Crippen LogP contribution in [-0.2, 0) is 16.8 Å². The Bertz CT molecular complexity index is 1720. The van der Waals surface area contributed by atoms with Crippen LogP contribution < -0.4 is 11.1 Å². The Morgan fingerprint density at radius 2 is 1.13 bits per heavy atom. The standard InChI is InChI=1S/C40H37N5O/c41-39(44-38(46)28-37(31-16-6-1-7-17-31)32-18-8-2-9-19-32)42-27-26-36-29-45(30-43-36)40(33-20-10-3-11-21-33,34-22-12-4-13-23-34)35-24-14-5-15-25-35/h1-25,29-30,37H,26-28H2,(H3,41,42,44,46). The Morgan fingerprint density at radius 3 is 1.59 bits per heavy atom. The highest BCUT2D eigenvalue weighted by molar-refractivity contribution is 5.96. The van der Waals surface area contributed by atoms with Crippen LogP contribution in [0.5, 0.6) is 0 Å². The number of carbonyl (C=O) groups excluding carboxylic acids is 1. The molecule has 0 aliphatic carbocycles. The van der Waals surface area contributed by atoms with Gasteiger partial charge in [0, 0.05) is 31.5 Å². The highest BCUT2D eigenvalue weighted by Crippen LogP contribution is 2.40. The predicted octanol–water partition coefficient (Wildman–Crippen LogP) is 6.92.